The SMILES string of the molecule is CC(C)NC(=O)N(CCCCO)C1CC1. The maximum atomic E-state index is 11.8. The summed E-state index contributed by atoms with van der Waals surface area (Å²) < 4.78 is 0. The Morgan fingerprint density at radius 3 is 2.60 bits per heavy atom. The van der Waals surface area contributed by atoms with E-state index in [1.54, 1.807) is 0 Å². The lowest BCUT2D eigenvalue weighted by molar-refractivity contribution is 0.188. The summed E-state index contributed by atoms with van der Waals surface area (Å²) in [5, 5.41) is 11.6. The summed E-state index contributed by atoms with van der Waals surface area (Å²) in [7, 11) is 0. The van der Waals surface area contributed by atoms with E-state index >= 15 is 0 Å². The van der Waals surface area contributed by atoms with Gasteiger partial charge in [-0.1, -0.05) is 0 Å². The van der Waals surface area contributed by atoms with Crippen molar-refractivity contribution in [2.75, 3.05) is 13.2 Å². The van der Waals surface area contributed by atoms with Crippen LogP contribution in [0.25, 0.3) is 0 Å². The lowest BCUT2D eigenvalue weighted by Crippen LogP contribution is -2.44. The minimum Gasteiger partial charge on any atom is -0.396 e. The van der Waals surface area contributed by atoms with Crippen LogP contribution in [0.3, 0.4) is 0 Å². The minimum atomic E-state index is 0.0467. The predicted molar refractivity (Wildman–Crippen MR) is 59.7 cm³/mol. The average molecular weight is 214 g/mol. The molecular formula is C11H22N2O2. The van der Waals surface area contributed by atoms with Crippen molar-refractivity contribution in [3.05, 3.63) is 0 Å². The molecule has 0 heterocycles. The number of rotatable bonds is 6. The molecule has 0 aliphatic heterocycles. The highest BCUT2D eigenvalue weighted by Crippen LogP contribution is 2.27. The van der Waals surface area contributed by atoms with Gasteiger partial charge in [0.1, 0.15) is 0 Å². The lowest BCUT2D eigenvalue weighted by Gasteiger charge is -2.24. The molecule has 0 unspecified atom stereocenters. The molecule has 4 heteroatoms. The van der Waals surface area contributed by atoms with Gasteiger partial charge < -0.3 is 15.3 Å². The number of hydrogen-bond donors (Lipinski definition) is 2. The van der Waals surface area contributed by atoms with Crippen LogP contribution in [0.4, 0.5) is 4.79 Å². The third kappa shape index (κ3) is 4.51. The normalized spacial score (nSPS) is 15.5. The molecule has 0 atom stereocenters. The Hall–Kier alpha value is -0.770. The van der Waals surface area contributed by atoms with Crippen molar-refractivity contribution in [3.8, 4) is 0 Å². The zero-order valence-electron chi connectivity index (χ0n) is 9.70. The molecule has 0 aromatic heterocycles. The zero-order valence-corrected chi connectivity index (χ0v) is 9.70. The van der Waals surface area contributed by atoms with Gasteiger partial charge in [-0.25, -0.2) is 4.79 Å². The number of nitrogens with zero attached hydrogens (tertiary/aromatic N) is 1. The Bertz CT molecular complexity index is 203. The van der Waals surface area contributed by atoms with Crippen LogP contribution in [0.1, 0.15) is 39.5 Å². The molecule has 1 aliphatic rings. The monoisotopic (exact) mass is 214 g/mol. The van der Waals surface area contributed by atoms with Crippen molar-refractivity contribution in [3.63, 3.8) is 0 Å². The second kappa shape index (κ2) is 5.95. The van der Waals surface area contributed by atoms with Crippen molar-refractivity contribution in [2.45, 2.75) is 51.6 Å². The van der Waals surface area contributed by atoms with E-state index in [4.69, 9.17) is 5.11 Å². The van der Waals surface area contributed by atoms with Crippen molar-refractivity contribution < 1.29 is 9.90 Å². The van der Waals surface area contributed by atoms with Gasteiger partial charge in [0.15, 0.2) is 0 Å². The molecule has 1 aliphatic carbocycles. The Labute approximate surface area is 91.6 Å². The fourth-order valence-electron chi connectivity index (χ4n) is 1.56. The molecule has 0 radical (unpaired) electrons. The number of amides is 2. The number of nitrogens with one attached hydrogen (secondary N) is 1. The Morgan fingerprint density at radius 1 is 1.47 bits per heavy atom. The van der Waals surface area contributed by atoms with E-state index in [2.05, 4.69) is 5.32 Å². The van der Waals surface area contributed by atoms with Crippen LogP contribution >= 0.6 is 0 Å². The fraction of sp³-hybridized carbons (Fsp3) is 0.909. The van der Waals surface area contributed by atoms with Crippen molar-refractivity contribution in [2.24, 2.45) is 0 Å². The molecule has 0 aromatic rings. The van der Waals surface area contributed by atoms with Crippen LogP contribution in [-0.2, 0) is 0 Å². The summed E-state index contributed by atoms with van der Waals surface area (Å²) in [6.45, 7) is 4.92. The average Bonchev–Trinajstić information content (AvgIpc) is 2.94. The minimum absolute atomic E-state index is 0.0467. The van der Waals surface area contributed by atoms with Gasteiger partial charge in [-0.3, -0.25) is 0 Å². The van der Waals surface area contributed by atoms with Crippen LogP contribution < -0.4 is 5.32 Å². The molecule has 4 nitrogen and oxygen atoms in total. The first-order chi connectivity index (χ1) is 7.15. The molecule has 1 fully saturated rings. The Kier molecular flexibility index (Phi) is 4.88. The molecule has 15 heavy (non-hydrogen) atoms. The second-order valence-electron chi connectivity index (χ2n) is 4.46. The van der Waals surface area contributed by atoms with Gasteiger partial charge in [-0.15, -0.1) is 0 Å². The molecule has 0 aromatic carbocycles. The van der Waals surface area contributed by atoms with Gasteiger partial charge in [-0.05, 0) is 39.5 Å². The highest BCUT2D eigenvalue weighted by molar-refractivity contribution is 5.75. The van der Waals surface area contributed by atoms with E-state index in [0.717, 1.165) is 32.2 Å². The summed E-state index contributed by atoms with van der Waals surface area (Å²) in [5.41, 5.74) is 0. The van der Waals surface area contributed by atoms with E-state index < -0.39 is 0 Å². The highest BCUT2D eigenvalue weighted by Gasteiger charge is 2.32. The Balaban J connectivity index is 2.32. The maximum Gasteiger partial charge on any atom is 0.317 e. The third-order valence-corrected chi connectivity index (χ3v) is 2.47. The third-order valence-electron chi connectivity index (χ3n) is 2.47. The Morgan fingerprint density at radius 2 is 2.13 bits per heavy atom. The number of carbonyl (C=O) groups is 1. The second-order valence-corrected chi connectivity index (χ2v) is 4.46. The maximum absolute atomic E-state index is 11.8. The van der Waals surface area contributed by atoms with Gasteiger partial charge in [0.25, 0.3) is 0 Å². The molecule has 0 saturated heterocycles. The van der Waals surface area contributed by atoms with Gasteiger partial charge in [0.05, 0.1) is 0 Å². The van der Waals surface area contributed by atoms with Gasteiger partial charge in [-0.2, -0.15) is 0 Å². The molecule has 2 amide bonds. The van der Waals surface area contributed by atoms with E-state index in [1.165, 1.54) is 0 Å². The highest BCUT2D eigenvalue weighted by atomic mass is 16.3. The number of urea groups is 1. The number of aliphatic hydroxyl groups is 1. The number of hydrogen-bond acceptors (Lipinski definition) is 2. The molecule has 2 N–H and O–H groups in total. The van der Waals surface area contributed by atoms with Gasteiger partial charge in [0, 0.05) is 25.2 Å². The molecule has 0 bridgehead atoms. The first kappa shape index (κ1) is 12.3. The molecule has 0 spiro atoms. The van der Waals surface area contributed by atoms with Gasteiger partial charge >= 0.3 is 6.03 Å². The van der Waals surface area contributed by atoms with Crippen molar-refractivity contribution in [1.82, 2.24) is 10.2 Å². The summed E-state index contributed by atoms with van der Waals surface area (Å²) in [5.74, 6) is 0. The first-order valence-electron chi connectivity index (χ1n) is 5.83. The fourth-order valence-corrected chi connectivity index (χ4v) is 1.56. The molecular weight excluding hydrogens is 192 g/mol. The summed E-state index contributed by atoms with van der Waals surface area (Å²) in [6.07, 6.45) is 3.92. The van der Waals surface area contributed by atoms with E-state index in [9.17, 15) is 4.79 Å². The molecule has 1 saturated carbocycles. The first-order valence-corrected chi connectivity index (χ1v) is 5.83. The van der Waals surface area contributed by atoms with Crippen LogP contribution in [0.2, 0.25) is 0 Å². The number of aliphatic hydroxyl groups excluding tert-OH is 1. The summed E-state index contributed by atoms with van der Waals surface area (Å²) in [6, 6.07) is 0.685. The van der Waals surface area contributed by atoms with Crippen LogP contribution in [0.15, 0.2) is 0 Å². The quantitative estimate of drug-likeness (QED) is 0.656. The zero-order chi connectivity index (χ0) is 11.3. The topological polar surface area (TPSA) is 52.6 Å². The summed E-state index contributed by atoms with van der Waals surface area (Å²) in [4.78, 5) is 13.7. The summed E-state index contributed by atoms with van der Waals surface area (Å²) >= 11 is 0. The van der Waals surface area contributed by atoms with Crippen LogP contribution in [0, 0.1) is 0 Å². The standard InChI is InChI=1S/C11H22N2O2/c1-9(2)12-11(15)13(10-5-6-10)7-3-4-8-14/h9-10,14H,3-8H2,1-2H3,(H,12,15). The molecule has 1 rings (SSSR count). The predicted octanol–water partition coefficient (Wildman–Crippen LogP) is 1.34. The van der Waals surface area contributed by atoms with E-state index in [1.807, 2.05) is 18.7 Å². The van der Waals surface area contributed by atoms with Gasteiger partial charge in [0.2, 0.25) is 0 Å². The van der Waals surface area contributed by atoms with Crippen molar-refractivity contribution in [1.29, 1.82) is 0 Å². The molecule has 88 valence electrons. The van der Waals surface area contributed by atoms with E-state index in [-0.39, 0.29) is 18.7 Å². The van der Waals surface area contributed by atoms with E-state index in [0.29, 0.717) is 6.04 Å². The number of carbonyl (C=O) groups excluding carboxylic acids is 1. The van der Waals surface area contributed by atoms with Crippen LogP contribution in [-0.4, -0.2) is 41.3 Å². The largest absolute Gasteiger partial charge is 0.396 e. The van der Waals surface area contributed by atoms with Crippen molar-refractivity contribution >= 4 is 6.03 Å². The van der Waals surface area contributed by atoms with Crippen LogP contribution in [0.5, 0.6) is 0 Å². The smallest absolute Gasteiger partial charge is 0.317 e. The number of unbranched alkanes of at least 4 members (excludes halogenated alkanes) is 1. The lowest BCUT2D eigenvalue weighted by atomic mass is 10.3.